The van der Waals surface area contributed by atoms with E-state index in [1.165, 1.54) is 11.0 Å². The molecule has 1 atom stereocenters. The third-order valence-electron chi connectivity index (χ3n) is 4.63. The van der Waals surface area contributed by atoms with E-state index >= 15 is 0 Å². The monoisotopic (exact) mass is 349 g/mol. The van der Waals surface area contributed by atoms with Crippen LogP contribution in [0.2, 0.25) is 0 Å². The fourth-order valence-corrected chi connectivity index (χ4v) is 4.64. The average molecular weight is 349 g/mol. The highest BCUT2D eigenvalue weighted by Crippen LogP contribution is 2.21. The minimum absolute atomic E-state index is 0.0615. The highest BCUT2D eigenvalue weighted by Gasteiger charge is 2.28. The number of benzene rings is 1. The van der Waals surface area contributed by atoms with Crippen LogP contribution in [0.15, 0.2) is 41.8 Å². The predicted octanol–water partition coefficient (Wildman–Crippen LogP) is 3.19. The predicted molar refractivity (Wildman–Crippen MR) is 97.3 cm³/mol. The summed E-state index contributed by atoms with van der Waals surface area (Å²) < 4.78 is 23.1. The van der Waals surface area contributed by atoms with Gasteiger partial charge in [0.15, 0.2) is 9.84 Å². The van der Waals surface area contributed by atoms with Crippen LogP contribution >= 0.6 is 0 Å². The van der Waals surface area contributed by atoms with Crippen LogP contribution in [-0.2, 0) is 21.1 Å². The molecule has 0 saturated carbocycles. The fraction of sp³-hybridized carbons (Fsp3) is 0.526. The van der Waals surface area contributed by atoms with Crippen LogP contribution in [0, 0.1) is 5.92 Å². The molecule has 2 rings (SSSR count). The minimum atomic E-state index is -3.10. The number of rotatable bonds is 8. The molecule has 1 heterocycles. The summed E-state index contributed by atoms with van der Waals surface area (Å²) in [5, 5.41) is 1.25. The lowest BCUT2D eigenvalue weighted by Gasteiger charge is -2.31. The molecule has 5 heteroatoms. The van der Waals surface area contributed by atoms with Gasteiger partial charge >= 0.3 is 0 Å². The van der Waals surface area contributed by atoms with E-state index in [1.54, 1.807) is 6.08 Å². The van der Waals surface area contributed by atoms with Gasteiger partial charge in [0, 0.05) is 30.3 Å². The average Bonchev–Trinajstić information content (AvgIpc) is 2.91. The van der Waals surface area contributed by atoms with E-state index in [1.807, 2.05) is 23.1 Å². The summed E-state index contributed by atoms with van der Waals surface area (Å²) in [6.07, 6.45) is 4.59. The minimum Gasteiger partial charge on any atom is -0.339 e. The molecule has 0 saturated heterocycles. The summed E-state index contributed by atoms with van der Waals surface area (Å²) in [6.45, 7) is 4.87. The van der Waals surface area contributed by atoms with Gasteiger partial charge in [-0.3, -0.25) is 4.79 Å². The van der Waals surface area contributed by atoms with Crippen molar-refractivity contribution in [2.24, 2.45) is 5.92 Å². The van der Waals surface area contributed by atoms with Gasteiger partial charge in [-0.25, -0.2) is 8.42 Å². The number of amides is 1. The molecule has 1 aromatic carbocycles. The smallest absolute Gasteiger partial charge is 0.223 e. The van der Waals surface area contributed by atoms with Crippen molar-refractivity contribution in [3.8, 4) is 0 Å². The summed E-state index contributed by atoms with van der Waals surface area (Å²) >= 11 is 0. The van der Waals surface area contributed by atoms with Gasteiger partial charge in [0.1, 0.15) is 0 Å². The van der Waals surface area contributed by atoms with Crippen LogP contribution < -0.4 is 0 Å². The van der Waals surface area contributed by atoms with Crippen molar-refractivity contribution in [2.45, 2.75) is 45.6 Å². The first-order chi connectivity index (χ1) is 11.4. The first-order valence-corrected chi connectivity index (χ1v) is 10.4. The molecule has 1 aliphatic rings. The van der Waals surface area contributed by atoms with Crippen LogP contribution in [0.1, 0.15) is 38.7 Å². The van der Waals surface area contributed by atoms with Crippen LogP contribution in [0.25, 0.3) is 0 Å². The van der Waals surface area contributed by atoms with Crippen LogP contribution in [0.4, 0.5) is 0 Å². The Bertz CT molecular complexity index is 663. The second kappa shape index (κ2) is 8.47. The van der Waals surface area contributed by atoms with Crippen molar-refractivity contribution < 1.29 is 13.2 Å². The number of hydrogen-bond acceptors (Lipinski definition) is 3. The van der Waals surface area contributed by atoms with Crippen LogP contribution in [-0.4, -0.2) is 37.6 Å². The summed E-state index contributed by atoms with van der Waals surface area (Å²) in [4.78, 5) is 14.7. The molecule has 0 N–H and O–H groups in total. The van der Waals surface area contributed by atoms with Crippen molar-refractivity contribution in [3.63, 3.8) is 0 Å². The van der Waals surface area contributed by atoms with Crippen LogP contribution in [0.5, 0.6) is 0 Å². The molecular weight excluding hydrogens is 322 g/mol. The third-order valence-corrected chi connectivity index (χ3v) is 6.09. The van der Waals surface area contributed by atoms with Gasteiger partial charge in [-0.1, -0.05) is 50.3 Å². The summed E-state index contributed by atoms with van der Waals surface area (Å²) in [5.74, 6) is -0.0590. The number of carbonyl (C=O) groups excluding carboxylic acids is 1. The second-order valence-corrected chi connectivity index (χ2v) is 8.35. The van der Waals surface area contributed by atoms with Crippen molar-refractivity contribution in [1.82, 2.24) is 4.90 Å². The largest absolute Gasteiger partial charge is 0.339 e. The summed E-state index contributed by atoms with van der Waals surface area (Å²) in [6, 6.07) is 10.4. The molecule has 0 radical (unpaired) electrons. The van der Waals surface area contributed by atoms with Crippen LogP contribution in [0.3, 0.4) is 0 Å². The van der Waals surface area contributed by atoms with Crippen molar-refractivity contribution in [3.05, 3.63) is 47.4 Å². The molecule has 0 aliphatic carbocycles. The Labute approximate surface area is 145 Å². The van der Waals surface area contributed by atoms with Crippen molar-refractivity contribution in [2.75, 3.05) is 12.3 Å². The summed E-state index contributed by atoms with van der Waals surface area (Å²) in [5.41, 5.74) is 1.21. The first kappa shape index (κ1) is 18.7. The van der Waals surface area contributed by atoms with E-state index in [2.05, 4.69) is 26.0 Å². The quantitative estimate of drug-likeness (QED) is 0.724. The van der Waals surface area contributed by atoms with E-state index in [0.29, 0.717) is 6.54 Å². The SMILES string of the molecule is CCC(CC)N(CCc1ccccc1)C(=O)C[C@H]1C=CS(=O)(=O)C1. The van der Waals surface area contributed by atoms with Gasteiger partial charge < -0.3 is 4.90 Å². The maximum atomic E-state index is 12.8. The molecule has 0 unspecified atom stereocenters. The third kappa shape index (κ3) is 5.20. The maximum absolute atomic E-state index is 12.8. The number of nitrogens with zero attached hydrogens (tertiary/aromatic N) is 1. The summed E-state index contributed by atoms with van der Waals surface area (Å²) in [7, 11) is -3.10. The lowest BCUT2D eigenvalue weighted by Crippen LogP contribution is -2.41. The second-order valence-electron chi connectivity index (χ2n) is 6.42. The molecule has 132 valence electrons. The Morgan fingerprint density at radius 3 is 2.42 bits per heavy atom. The van der Waals surface area contributed by atoms with E-state index in [0.717, 1.165) is 19.3 Å². The Hall–Kier alpha value is -1.62. The molecular formula is C19H27NO3S. The number of sulfone groups is 1. The molecule has 1 aromatic rings. The van der Waals surface area contributed by atoms with Gasteiger partial charge in [0.25, 0.3) is 0 Å². The Morgan fingerprint density at radius 1 is 1.21 bits per heavy atom. The molecule has 0 aromatic heterocycles. The highest BCUT2D eigenvalue weighted by atomic mass is 32.2. The number of carbonyl (C=O) groups is 1. The van der Waals surface area contributed by atoms with Gasteiger partial charge in [-0.2, -0.15) is 0 Å². The van der Waals surface area contributed by atoms with E-state index in [4.69, 9.17) is 0 Å². The molecule has 0 fully saturated rings. The molecule has 0 bridgehead atoms. The molecule has 0 spiro atoms. The van der Waals surface area contributed by atoms with E-state index in [9.17, 15) is 13.2 Å². The molecule has 1 amide bonds. The first-order valence-electron chi connectivity index (χ1n) is 8.69. The fourth-order valence-electron chi connectivity index (χ4n) is 3.24. The molecule has 24 heavy (non-hydrogen) atoms. The Balaban J connectivity index is 2.02. The lowest BCUT2D eigenvalue weighted by atomic mass is 10.0. The zero-order valence-corrected chi connectivity index (χ0v) is 15.3. The van der Waals surface area contributed by atoms with Gasteiger partial charge in [0.2, 0.25) is 5.91 Å². The Morgan fingerprint density at radius 2 is 1.88 bits per heavy atom. The Kier molecular flexibility index (Phi) is 6.60. The maximum Gasteiger partial charge on any atom is 0.223 e. The zero-order chi connectivity index (χ0) is 17.6. The standard InChI is InChI=1S/C19H27NO3S/c1-3-18(4-2)20(12-10-16-8-6-5-7-9-16)19(21)14-17-11-13-24(22,23)15-17/h5-9,11,13,17-18H,3-4,10,12,14-15H2,1-2H3/t17-/m1/s1. The van der Waals surface area contributed by atoms with E-state index in [-0.39, 0.29) is 30.0 Å². The molecule has 1 aliphatic heterocycles. The van der Waals surface area contributed by atoms with Crippen molar-refractivity contribution in [1.29, 1.82) is 0 Å². The topological polar surface area (TPSA) is 54.5 Å². The van der Waals surface area contributed by atoms with Gasteiger partial charge in [0.05, 0.1) is 5.75 Å². The van der Waals surface area contributed by atoms with Gasteiger partial charge in [-0.15, -0.1) is 0 Å². The lowest BCUT2D eigenvalue weighted by molar-refractivity contribution is -0.134. The van der Waals surface area contributed by atoms with Crippen molar-refractivity contribution >= 4 is 15.7 Å². The zero-order valence-electron chi connectivity index (χ0n) is 14.5. The number of hydrogen-bond donors (Lipinski definition) is 0. The van der Waals surface area contributed by atoms with Gasteiger partial charge in [-0.05, 0) is 24.8 Å². The highest BCUT2D eigenvalue weighted by molar-refractivity contribution is 7.94. The number of allylic oxidation sites excluding steroid dienone is 1. The molecule has 4 nitrogen and oxygen atoms in total. The normalized spacial score (nSPS) is 18.9. The van der Waals surface area contributed by atoms with E-state index < -0.39 is 9.84 Å².